The van der Waals surface area contributed by atoms with Crippen molar-refractivity contribution in [2.45, 2.75) is 0 Å². The number of hydrogen-bond acceptors (Lipinski definition) is 5. The van der Waals surface area contributed by atoms with Crippen LogP contribution in [0.4, 0.5) is 0 Å². The molecule has 0 unspecified atom stereocenters. The summed E-state index contributed by atoms with van der Waals surface area (Å²) < 4.78 is 2.16. The molecule has 0 radical (unpaired) electrons. The first-order valence-corrected chi connectivity index (χ1v) is 17.9. The first kappa shape index (κ1) is 30.1. The van der Waals surface area contributed by atoms with Crippen molar-refractivity contribution in [3.8, 4) is 45.5 Å². The summed E-state index contributed by atoms with van der Waals surface area (Å²) in [6.45, 7) is 0. The fraction of sp³-hybridized carbons (Fsp3) is 0. The lowest BCUT2D eigenvalue weighted by Crippen LogP contribution is -2.06. The minimum absolute atomic E-state index is 0.557. The summed E-state index contributed by atoms with van der Waals surface area (Å²) in [7, 11) is 0. The quantitative estimate of drug-likeness (QED) is 0.168. The van der Waals surface area contributed by atoms with E-state index in [0.29, 0.717) is 17.6 Å². The minimum atomic E-state index is 0.557. The van der Waals surface area contributed by atoms with E-state index in [2.05, 4.69) is 132 Å². The normalized spacial score (nSPS) is 11.7. The summed E-state index contributed by atoms with van der Waals surface area (Å²) in [6, 6.07) is 60.5. The SMILES string of the molecule is c1ccc(-c2ccccc2-c2nc(-c3ccc4ccc5ccc6nn(-c7ccccc7)nc6c5c4c3)nc(-n3c4ccccc4c4ccccc43)n2)cc1. The molecule has 0 aliphatic rings. The summed E-state index contributed by atoms with van der Waals surface area (Å²) in [5.41, 5.74) is 8.61. The van der Waals surface area contributed by atoms with Gasteiger partial charge in [0.15, 0.2) is 11.6 Å². The van der Waals surface area contributed by atoms with Crippen LogP contribution in [0, 0.1) is 0 Å². The Labute approximate surface area is 309 Å². The van der Waals surface area contributed by atoms with Crippen molar-refractivity contribution >= 4 is 54.4 Å². The monoisotopic (exact) mass is 691 g/mol. The predicted molar refractivity (Wildman–Crippen MR) is 218 cm³/mol. The largest absolute Gasteiger partial charge is 0.278 e. The van der Waals surface area contributed by atoms with Gasteiger partial charge < -0.3 is 0 Å². The summed E-state index contributed by atoms with van der Waals surface area (Å²) in [6.07, 6.45) is 0. The Kier molecular flexibility index (Phi) is 6.72. The Morgan fingerprint density at radius 2 is 1.02 bits per heavy atom. The molecule has 11 aromatic rings. The maximum absolute atomic E-state index is 5.28. The molecule has 0 amide bonds. The van der Waals surface area contributed by atoms with Gasteiger partial charge in [-0.1, -0.05) is 140 Å². The lowest BCUT2D eigenvalue weighted by Gasteiger charge is -2.14. The van der Waals surface area contributed by atoms with Crippen LogP contribution in [0.2, 0.25) is 0 Å². The Hall–Kier alpha value is -7.51. The predicted octanol–water partition coefficient (Wildman–Crippen LogP) is 11.0. The van der Waals surface area contributed by atoms with Crippen LogP contribution < -0.4 is 0 Å². The van der Waals surface area contributed by atoms with Crippen LogP contribution in [0.3, 0.4) is 0 Å². The van der Waals surface area contributed by atoms with E-state index in [1.54, 1.807) is 4.80 Å². The van der Waals surface area contributed by atoms with Crippen LogP contribution in [0.5, 0.6) is 0 Å². The standard InChI is InChI=1S/C47H29N7/c1-3-13-30(14-4-1)35-17-7-8-20-38(35)46-48-45(49-47(50-46)53-41-21-11-9-18-36(41)37-19-10-12-22-42(37)53)33-26-24-31-23-25-32-27-28-40-44(43(32)39(31)29-33)52-54(51-40)34-15-5-2-6-16-34/h1-29H. The Bertz CT molecular complexity index is 3170. The van der Waals surface area contributed by atoms with E-state index in [1.165, 1.54) is 0 Å². The third kappa shape index (κ3) is 4.79. The Balaban J connectivity index is 1.18. The van der Waals surface area contributed by atoms with Crippen molar-refractivity contribution in [2.24, 2.45) is 0 Å². The summed E-state index contributed by atoms with van der Waals surface area (Å²) in [5, 5.41) is 16.5. The highest BCUT2D eigenvalue weighted by Gasteiger charge is 2.20. The van der Waals surface area contributed by atoms with Crippen molar-refractivity contribution in [2.75, 3.05) is 0 Å². The van der Waals surface area contributed by atoms with Crippen LogP contribution in [0.1, 0.15) is 0 Å². The van der Waals surface area contributed by atoms with E-state index in [-0.39, 0.29) is 0 Å². The second kappa shape index (κ2) is 12.0. The molecule has 0 atom stereocenters. The summed E-state index contributed by atoms with van der Waals surface area (Å²) >= 11 is 0. The van der Waals surface area contributed by atoms with E-state index in [0.717, 1.165) is 82.3 Å². The van der Waals surface area contributed by atoms with Gasteiger partial charge in [-0.05, 0) is 63.7 Å². The zero-order valence-electron chi connectivity index (χ0n) is 28.9. The third-order valence-electron chi connectivity index (χ3n) is 10.3. The second-order valence-corrected chi connectivity index (χ2v) is 13.4. The van der Waals surface area contributed by atoms with E-state index in [4.69, 9.17) is 25.1 Å². The number of fused-ring (bicyclic) bond motifs is 8. The Morgan fingerprint density at radius 3 is 1.80 bits per heavy atom. The van der Waals surface area contributed by atoms with E-state index >= 15 is 0 Å². The average Bonchev–Trinajstić information content (AvgIpc) is 3.84. The zero-order valence-corrected chi connectivity index (χ0v) is 28.9. The van der Waals surface area contributed by atoms with E-state index in [9.17, 15) is 0 Å². The molecule has 0 fully saturated rings. The van der Waals surface area contributed by atoms with Gasteiger partial charge >= 0.3 is 0 Å². The molecule has 0 bridgehead atoms. The number of rotatable bonds is 5. The van der Waals surface area contributed by atoms with Crippen LogP contribution in [0.25, 0.3) is 99.9 Å². The number of para-hydroxylation sites is 3. The molecule has 3 aromatic heterocycles. The van der Waals surface area contributed by atoms with Crippen LogP contribution in [-0.4, -0.2) is 34.5 Å². The van der Waals surface area contributed by atoms with Crippen LogP contribution in [0.15, 0.2) is 176 Å². The van der Waals surface area contributed by atoms with Crippen LogP contribution in [-0.2, 0) is 0 Å². The molecule has 7 nitrogen and oxygen atoms in total. The van der Waals surface area contributed by atoms with Gasteiger partial charge in [0.2, 0.25) is 5.95 Å². The highest BCUT2D eigenvalue weighted by molar-refractivity contribution is 6.19. The van der Waals surface area contributed by atoms with Gasteiger partial charge in [0, 0.05) is 27.3 Å². The van der Waals surface area contributed by atoms with E-state index in [1.807, 2.05) is 48.5 Å². The van der Waals surface area contributed by atoms with Crippen molar-refractivity contribution in [3.63, 3.8) is 0 Å². The molecule has 7 heteroatoms. The third-order valence-corrected chi connectivity index (χ3v) is 10.3. The molecule has 3 heterocycles. The second-order valence-electron chi connectivity index (χ2n) is 13.4. The molecule has 0 N–H and O–H groups in total. The average molecular weight is 692 g/mol. The first-order chi connectivity index (χ1) is 26.8. The van der Waals surface area contributed by atoms with Gasteiger partial charge in [-0.2, -0.15) is 14.8 Å². The van der Waals surface area contributed by atoms with Gasteiger partial charge in [0.05, 0.1) is 16.7 Å². The topological polar surface area (TPSA) is 74.3 Å². The molecular weight excluding hydrogens is 663 g/mol. The number of nitrogens with zero attached hydrogens (tertiary/aromatic N) is 7. The zero-order chi connectivity index (χ0) is 35.6. The van der Waals surface area contributed by atoms with Gasteiger partial charge in [0.25, 0.3) is 0 Å². The van der Waals surface area contributed by atoms with Crippen molar-refractivity contribution in [1.82, 2.24) is 34.5 Å². The van der Waals surface area contributed by atoms with Crippen molar-refractivity contribution < 1.29 is 0 Å². The molecule has 0 saturated heterocycles. The van der Waals surface area contributed by atoms with Crippen LogP contribution >= 0.6 is 0 Å². The number of benzene rings is 8. The molecule has 252 valence electrons. The molecule has 0 spiro atoms. The lowest BCUT2D eigenvalue weighted by molar-refractivity contribution is 0.766. The molecule has 0 saturated carbocycles. The number of aromatic nitrogens is 7. The van der Waals surface area contributed by atoms with Gasteiger partial charge in [-0.25, -0.2) is 4.98 Å². The summed E-state index contributed by atoms with van der Waals surface area (Å²) in [4.78, 5) is 17.5. The fourth-order valence-corrected chi connectivity index (χ4v) is 7.73. The van der Waals surface area contributed by atoms with Gasteiger partial charge in [0.1, 0.15) is 11.0 Å². The van der Waals surface area contributed by atoms with Crippen molar-refractivity contribution in [3.05, 3.63) is 176 Å². The molecule has 8 aromatic carbocycles. The fourth-order valence-electron chi connectivity index (χ4n) is 7.73. The minimum Gasteiger partial charge on any atom is -0.278 e. The Morgan fingerprint density at radius 1 is 0.407 bits per heavy atom. The molecule has 0 aliphatic heterocycles. The van der Waals surface area contributed by atoms with Crippen molar-refractivity contribution in [1.29, 1.82) is 0 Å². The molecular formula is C47H29N7. The van der Waals surface area contributed by atoms with E-state index < -0.39 is 0 Å². The smallest absolute Gasteiger partial charge is 0.238 e. The maximum Gasteiger partial charge on any atom is 0.238 e. The maximum atomic E-state index is 5.28. The molecule has 54 heavy (non-hydrogen) atoms. The first-order valence-electron chi connectivity index (χ1n) is 17.9. The van der Waals surface area contributed by atoms with Gasteiger partial charge in [-0.15, -0.1) is 10.2 Å². The van der Waals surface area contributed by atoms with Gasteiger partial charge in [-0.3, -0.25) is 4.57 Å². The highest BCUT2D eigenvalue weighted by Crippen LogP contribution is 2.37. The molecule has 11 rings (SSSR count). The number of hydrogen-bond donors (Lipinski definition) is 0. The summed E-state index contributed by atoms with van der Waals surface area (Å²) in [5.74, 6) is 1.74. The molecule has 0 aliphatic carbocycles. The lowest BCUT2D eigenvalue weighted by atomic mass is 9.98. The highest BCUT2D eigenvalue weighted by atomic mass is 15.5.